The predicted octanol–water partition coefficient (Wildman–Crippen LogP) is 6.13. The van der Waals surface area contributed by atoms with Gasteiger partial charge in [0.2, 0.25) is 0 Å². The molecule has 2 amide bonds. The van der Waals surface area contributed by atoms with Gasteiger partial charge in [0.05, 0.1) is 12.1 Å². The fraction of sp³-hybridized carbons (Fsp3) is 0.517. The van der Waals surface area contributed by atoms with Gasteiger partial charge in [-0.25, -0.2) is 8.78 Å². The van der Waals surface area contributed by atoms with Crippen LogP contribution in [0.3, 0.4) is 0 Å². The van der Waals surface area contributed by atoms with E-state index in [2.05, 4.69) is 0 Å². The molecule has 1 heterocycles. The lowest BCUT2D eigenvalue weighted by Gasteiger charge is -2.34. The number of hydrogen-bond donors (Lipinski definition) is 0. The first kappa shape index (κ1) is 27.8. The van der Waals surface area contributed by atoms with E-state index >= 15 is 0 Å². The maximum absolute atomic E-state index is 14.0. The van der Waals surface area contributed by atoms with Crippen LogP contribution in [0.15, 0.2) is 36.4 Å². The molecule has 2 atom stereocenters. The van der Waals surface area contributed by atoms with E-state index in [4.69, 9.17) is 4.74 Å². The van der Waals surface area contributed by atoms with Gasteiger partial charge >= 0.3 is 0 Å². The van der Waals surface area contributed by atoms with Gasteiger partial charge in [-0.3, -0.25) is 9.59 Å². The van der Waals surface area contributed by atoms with E-state index in [1.807, 2.05) is 52.5 Å². The Labute approximate surface area is 213 Å². The molecule has 0 N–H and O–H groups in total. The molecule has 0 aromatic heterocycles. The van der Waals surface area contributed by atoms with Crippen LogP contribution in [0.2, 0.25) is 0 Å². The molecule has 0 radical (unpaired) electrons. The summed E-state index contributed by atoms with van der Waals surface area (Å²) >= 11 is 0. The quantitative estimate of drug-likeness (QED) is 0.416. The molecule has 1 saturated heterocycles. The van der Waals surface area contributed by atoms with Crippen LogP contribution in [0, 0.1) is 18.6 Å². The molecule has 0 spiro atoms. The average Bonchev–Trinajstić information content (AvgIpc) is 3.06. The minimum atomic E-state index is -0.932. The molecule has 2 aromatic rings. The summed E-state index contributed by atoms with van der Waals surface area (Å²) in [7, 11) is 0. The summed E-state index contributed by atoms with van der Waals surface area (Å²) in [5, 5.41) is 0. The van der Waals surface area contributed by atoms with Gasteiger partial charge in [-0.1, -0.05) is 20.8 Å². The maximum atomic E-state index is 14.0. The van der Waals surface area contributed by atoms with Crippen LogP contribution < -0.4 is 0 Å². The van der Waals surface area contributed by atoms with Crippen molar-refractivity contribution in [2.75, 3.05) is 13.1 Å². The number of rotatable bonds is 9. The molecule has 3 rings (SSSR count). The molecule has 5 nitrogen and oxygen atoms in total. The molecule has 0 bridgehead atoms. The third-order valence-electron chi connectivity index (χ3n) is 6.61. The lowest BCUT2D eigenvalue weighted by molar-refractivity contribution is -0.0648. The molecule has 2 aromatic carbocycles. The van der Waals surface area contributed by atoms with Crippen molar-refractivity contribution >= 4 is 11.8 Å². The van der Waals surface area contributed by atoms with Crippen molar-refractivity contribution < 1.29 is 23.1 Å². The fourth-order valence-electron chi connectivity index (χ4n) is 5.22. The summed E-state index contributed by atoms with van der Waals surface area (Å²) in [6.45, 7) is 12.9. The highest BCUT2D eigenvalue weighted by molar-refractivity contribution is 6.00. The van der Waals surface area contributed by atoms with Gasteiger partial charge in [0.25, 0.3) is 11.8 Å². The number of benzene rings is 2. The van der Waals surface area contributed by atoms with E-state index in [0.29, 0.717) is 36.2 Å². The summed E-state index contributed by atoms with van der Waals surface area (Å²) in [6.07, 6.45) is 2.29. The van der Waals surface area contributed by atoms with E-state index in [1.165, 1.54) is 12.1 Å². The van der Waals surface area contributed by atoms with Gasteiger partial charge in [0, 0.05) is 30.3 Å². The predicted molar refractivity (Wildman–Crippen MR) is 137 cm³/mol. The van der Waals surface area contributed by atoms with Crippen LogP contribution in [-0.2, 0) is 11.2 Å². The lowest BCUT2D eigenvalue weighted by atomic mass is 9.96. The largest absolute Gasteiger partial charge is 0.351 e. The average molecular weight is 501 g/mol. The summed E-state index contributed by atoms with van der Waals surface area (Å²) in [5.41, 5.74) is 1.22. The second-order valence-corrected chi connectivity index (χ2v) is 10.1. The standard InChI is InChI=1S/C29H38F2N2O3/c1-7-10-32(11-8-2)27(34)21-12-19(4)13-22(17-21)28(35)33-25(26(9-3)36-29(33,5)6)16-20-14-23(30)18-24(31)15-20/h12-15,17-18,25-26H,7-11,16H2,1-6H3. The number of carbonyl (C=O) groups is 2. The molecule has 2 unspecified atom stereocenters. The number of nitrogens with zero attached hydrogens (tertiary/aromatic N) is 2. The Bertz CT molecular complexity index is 1080. The fourth-order valence-corrected chi connectivity index (χ4v) is 5.22. The van der Waals surface area contributed by atoms with E-state index < -0.39 is 23.4 Å². The van der Waals surface area contributed by atoms with Gasteiger partial charge in [-0.05, 0) is 87.9 Å². The van der Waals surface area contributed by atoms with Gasteiger partial charge in [0.15, 0.2) is 0 Å². The monoisotopic (exact) mass is 500 g/mol. The highest BCUT2D eigenvalue weighted by Gasteiger charge is 2.49. The third-order valence-corrected chi connectivity index (χ3v) is 6.61. The first-order chi connectivity index (χ1) is 17.0. The number of ether oxygens (including phenoxy) is 1. The number of amides is 2. The molecule has 7 heteroatoms. The smallest absolute Gasteiger partial charge is 0.256 e. The van der Waals surface area contributed by atoms with Crippen LogP contribution in [0.5, 0.6) is 0 Å². The third kappa shape index (κ3) is 6.12. The van der Waals surface area contributed by atoms with Crippen molar-refractivity contribution in [3.8, 4) is 0 Å². The Morgan fingerprint density at radius 1 is 0.944 bits per heavy atom. The highest BCUT2D eigenvalue weighted by atomic mass is 19.1. The van der Waals surface area contributed by atoms with Crippen molar-refractivity contribution in [3.63, 3.8) is 0 Å². The van der Waals surface area contributed by atoms with Crippen molar-refractivity contribution in [2.24, 2.45) is 0 Å². The summed E-state index contributed by atoms with van der Waals surface area (Å²) < 4.78 is 34.1. The number of hydrogen-bond acceptors (Lipinski definition) is 3. The van der Waals surface area contributed by atoms with Crippen LogP contribution in [0.4, 0.5) is 8.78 Å². The zero-order valence-corrected chi connectivity index (χ0v) is 22.2. The Kier molecular flexibility index (Phi) is 8.88. The van der Waals surface area contributed by atoms with E-state index in [1.54, 1.807) is 17.0 Å². The minimum Gasteiger partial charge on any atom is -0.351 e. The second kappa shape index (κ2) is 11.5. The number of aryl methyl sites for hydroxylation is 1. The summed E-state index contributed by atoms with van der Waals surface area (Å²) in [4.78, 5) is 30.7. The van der Waals surface area contributed by atoms with E-state index in [-0.39, 0.29) is 24.3 Å². The zero-order valence-electron chi connectivity index (χ0n) is 22.2. The van der Waals surface area contributed by atoms with Crippen LogP contribution in [0.25, 0.3) is 0 Å². The molecule has 0 saturated carbocycles. The van der Waals surface area contributed by atoms with Crippen LogP contribution >= 0.6 is 0 Å². The summed E-state index contributed by atoms with van der Waals surface area (Å²) in [6, 6.07) is 8.25. The maximum Gasteiger partial charge on any atom is 0.256 e. The minimum absolute atomic E-state index is 0.0911. The first-order valence-corrected chi connectivity index (χ1v) is 12.9. The zero-order chi connectivity index (χ0) is 26.6. The Morgan fingerprint density at radius 2 is 1.53 bits per heavy atom. The Balaban J connectivity index is 1.99. The van der Waals surface area contributed by atoms with Crippen molar-refractivity contribution in [1.29, 1.82) is 0 Å². The van der Waals surface area contributed by atoms with Crippen LogP contribution in [-0.4, -0.2) is 52.6 Å². The molecule has 1 aliphatic rings. The lowest BCUT2D eigenvalue weighted by Crippen LogP contribution is -2.49. The first-order valence-electron chi connectivity index (χ1n) is 12.9. The second-order valence-electron chi connectivity index (χ2n) is 10.1. The van der Waals surface area contributed by atoms with Gasteiger partial charge in [-0.2, -0.15) is 0 Å². The topological polar surface area (TPSA) is 49.9 Å². The van der Waals surface area contributed by atoms with Crippen LogP contribution in [0.1, 0.15) is 85.7 Å². The molecular weight excluding hydrogens is 462 g/mol. The van der Waals surface area contributed by atoms with E-state index in [9.17, 15) is 18.4 Å². The van der Waals surface area contributed by atoms with Gasteiger partial charge in [0.1, 0.15) is 17.4 Å². The normalized spacial score (nSPS) is 18.9. The van der Waals surface area contributed by atoms with E-state index in [0.717, 1.165) is 24.5 Å². The van der Waals surface area contributed by atoms with Crippen molar-refractivity contribution in [3.05, 3.63) is 70.3 Å². The van der Waals surface area contributed by atoms with Crippen molar-refractivity contribution in [1.82, 2.24) is 9.80 Å². The molecule has 196 valence electrons. The Hall–Kier alpha value is -2.80. The van der Waals surface area contributed by atoms with Gasteiger partial charge < -0.3 is 14.5 Å². The Morgan fingerprint density at radius 3 is 2.08 bits per heavy atom. The number of carbonyl (C=O) groups excluding carboxylic acids is 2. The molecule has 36 heavy (non-hydrogen) atoms. The molecule has 1 fully saturated rings. The summed E-state index contributed by atoms with van der Waals surface area (Å²) in [5.74, 6) is -1.67. The van der Waals surface area contributed by atoms with Crippen molar-refractivity contribution in [2.45, 2.75) is 85.1 Å². The SMILES string of the molecule is CCCN(CCC)C(=O)c1cc(C)cc(C(=O)N2C(Cc3cc(F)cc(F)c3)C(CC)OC2(C)C)c1. The highest BCUT2D eigenvalue weighted by Crippen LogP contribution is 2.37. The molecule has 0 aliphatic carbocycles. The molecule has 1 aliphatic heterocycles. The number of halogens is 2. The van der Waals surface area contributed by atoms with Gasteiger partial charge in [-0.15, -0.1) is 0 Å². The molecular formula is C29H38F2N2O3.